The van der Waals surface area contributed by atoms with Gasteiger partial charge in [0.15, 0.2) is 0 Å². The third kappa shape index (κ3) is 2.74. The highest BCUT2D eigenvalue weighted by molar-refractivity contribution is 7.10. The van der Waals surface area contributed by atoms with Crippen molar-refractivity contribution >= 4 is 17.4 Å². The summed E-state index contributed by atoms with van der Waals surface area (Å²) in [5, 5.41) is 5.54. The number of carbonyl (C=O) groups is 1. The van der Waals surface area contributed by atoms with Crippen molar-refractivity contribution in [1.29, 1.82) is 0 Å². The summed E-state index contributed by atoms with van der Waals surface area (Å²) >= 11 is 1.83. The van der Waals surface area contributed by atoms with Crippen molar-refractivity contribution in [3.8, 4) is 0 Å². The van der Waals surface area contributed by atoms with Crippen LogP contribution >= 0.6 is 11.3 Å². The molecule has 3 N–H and O–H groups in total. The molecule has 0 radical (unpaired) electrons. The topological polar surface area (TPSA) is 64.4 Å². The van der Waals surface area contributed by atoms with Crippen LogP contribution < -0.4 is 11.1 Å². The molecule has 2 rings (SSSR count). The van der Waals surface area contributed by atoms with Gasteiger partial charge in [0.2, 0.25) is 0 Å². The average molecular weight is 240 g/mol. The van der Waals surface area contributed by atoms with E-state index in [1.54, 1.807) is 0 Å². The minimum atomic E-state index is -0.707. The second-order valence-corrected chi connectivity index (χ2v) is 4.87. The lowest BCUT2D eigenvalue weighted by Crippen LogP contribution is -2.29. The molecule has 0 fully saturated rings. The smallest absolute Gasteiger partial charge is 0.404 e. The Hall–Kier alpha value is -1.07. The summed E-state index contributed by atoms with van der Waals surface area (Å²) in [6, 6.07) is 2.60. The van der Waals surface area contributed by atoms with Gasteiger partial charge in [-0.25, -0.2) is 4.79 Å². The van der Waals surface area contributed by atoms with Crippen molar-refractivity contribution < 1.29 is 9.53 Å². The molecule has 0 aliphatic heterocycles. The largest absolute Gasteiger partial charge is 0.448 e. The highest BCUT2D eigenvalue weighted by Crippen LogP contribution is 2.32. The van der Waals surface area contributed by atoms with E-state index in [9.17, 15) is 4.79 Å². The monoisotopic (exact) mass is 240 g/mol. The van der Waals surface area contributed by atoms with E-state index in [1.165, 1.54) is 23.3 Å². The quantitative estimate of drug-likeness (QED) is 0.789. The number of fused-ring (bicyclic) bond motifs is 1. The van der Waals surface area contributed by atoms with E-state index in [4.69, 9.17) is 5.73 Å². The Kier molecular flexibility index (Phi) is 3.79. The molecule has 16 heavy (non-hydrogen) atoms. The predicted molar refractivity (Wildman–Crippen MR) is 63.5 cm³/mol. The minimum absolute atomic E-state index is 0.339. The molecule has 1 aliphatic rings. The maximum atomic E-state index is 10.4. The lowest BCUT2D eigenvalue weighted by Gasteiger charge is -2.23. The standard InChI is InChI=1S/C11H16N2O2S/c12-11(14)15-6-5-13-9-2-1-3-10-8(9)4-7-16-10/h4,7,9,13H,1-3,5-6H2,(H2,12,14). The highest BCUT2D eigenvalue weighted by Gasteiger charge is 2.20. The van der Waals surface area contributed by atoms with Crippen LogP contribution in [0.5, 0.6) is 0 Å². The van der Waals surface area contributed by atoms with E-state index in [-0.39, 0.29) is 0 Å². The zero-order valence-corrected chi connectivity index (χ0v) is 9.89. The van der Waals surface area contributed by atoms with Crippen molar-refractivity contribution in [2.45, 2.75) is 25.3 Å². The van der Waals surface area contributed by atoms with Crippen molar-refractivity contribution in [2.24, 2.45) is 5.73 Å². The number of nitrogens with one attached hydrogen (secondary N) is 1. The van der Waals surface area contributed by atoms with Crippen molar-refractivity contribution in [2.75, 3.05) is 13.2 Å². The van der Waals surface area contributed by atoms with Crippen LogP contribution in [-0.2, 0) is 11.2 Å². The van der Waals surface area contributed by atoms with Crippen LogP contribution in [-0.4, -0.2) is 19.2 Å². The number of amides is 1. The molecule has 0 spiro atoms. The zero-order chi connectivity index (χ0) is 11.4. The van der Waals surface area contributed by atoms with Crippen molar-refractivity contribution in [1.82, 2.24) is 5.32 Å². The van der Waals surface area contributed by atoms with Gasteiger partial charge in [-0.2, -0.15) is 0 Å². The van der Waals surface area contributed by atoms with Crippen LogP contribution in [0.2, 0.25) is 0 Å². The summed E-state index contributed by atoms with van der Waals surface area (Å²) in [4.78, 5) is 11.9. The molecule has 0 saturated carbocycles. The molecule has 4 nitrogen and oxygen atoms in total. The minimum Gasteiger partial charge on any atom is -0.448 e. The summed E-state index contributed by atoms with van der Waals surface area (Å²) in [7, 11) is 0. The molecule has 88 valence electrons. The van der Waals surface area contributed by atoms with Gasteiger partial charge in [0.1, 0.15) is 6.61 Å². The van der Waals surface area contributed by atoms with E-state index in [1.807, 2.05) is 11.3 Å². The Morgan fingerprint density at radius 3 is 3.38 bits per heavy atom. The van der Waals surface area contributed by atoms with Crippen LogP contribution in [0, 0.1) is 0 Å². The van der Waals surface area contributed by atoms with E-state index in [2.05, 4.69) is 21.5 Å². The molecular formula is C11H16N2O2S. The van der Waals surface area contributed by atoms with E-state index >= 15 is 0 Å². The predicted octanol–water partition coefficient (Wildman–Crippen LogP) is 1.81. The summed E-state index contributed by atoms with van der Waals surface area (Å²) in [5.74, 6) is 0. The van der Waals surface area contributed by atoms with Gasteiger partial charge in [-0.1, -0.05) is 0 Å². The average Bonchev–Trinajstić information content (AvgIpc) is 2.72. The van der Waals surface area contributed by atoms with Gasteiger partial charge < -0.3 is 15.8 Å². The summed E-state index contributed by atoms with van der Waals surface area (Å²) in [5.41, 5.74) is 6.30. The number of carbonyl (C=O) groups excluding carboxylic acids is 1. The summed E-state index contributed by atoms with van der Waals surface area (Å²) in [6.07, 6.45) is 2.87. The van der Waals surface area contributed by atoms with Gasteiger partial charge >= 0.3 is 6.09 Å². The van der Waals surface area contributed by atoms with Gasteiger partial charge in [0, 0.05) is 17.5 Å². The first-order valence-electron chi connectivity index (χ1n) is 5.49. The van der Waals surface area contributed by atoms with Crippen LogP contribution in [0.4, 0.5) is 4.79 Å². The molecular weight excluding hydrogens is 224 g/mol. The third-order valence-corrected chi connectivity index (χ3v) is 3.79. The molecule has 1 amide bonds. The molecule has 5 heteroatoms. The number of nitrogens with two attached hydrogens (primary N) is 1. The maximum absolute atomic E-state index is 10.4. The number of rotatable bonds is 4. The number of hydrogen-bond donors (Lipinski definition) is 2. The van der Waals surface area contributed by atoms with E-state index < -0.39 is 6.09 Å². The van der Waals surface area contributed by atoms with Gasteiger partial charge in [-0.3, -0.25) is 0 Å². The maximum Gasteiger partial charge on any atom is 0.404 e. The van der Waals surface area contributed by atoms with Gasteiger partial charge in [-0.05, 0) is 36.3 Å². The summed E-state index contributed by atoms with van der Waals surface area (Å²) in [6.45, 7) is 0.994. The third-order valence-electron chi connectivity index (χ3n) is 2.79. The van der Waals surface area contributed by atoms with Gasteiger partial charge in [0.25, 0.3) is 0 Å². The Labute approximate surface area is 98.8 Å². The molecule has 1 aromatic heterocycles. The Bertz CT molecular complexity index is 365. The second-order valence-electron chi connectivity index (χ2n) is 3.87. The lowest BCUT2D eigenvalue weighted by molar-refractivity contribution is 0.155. The second kappa shape index (κ2) is 5.32. The number of primary amides is 1. The van der Waals surface area contributed by atoms with Crippen LogP contribution in [0.3, 0.4) is 0 Å². The van der Waals surface area contributed by atoms with Gasteiger partial charge in [0.05, 0.1) is 0 Å². The number of ether oxygens (including phenoxy) is 1. The first kappa shape index (κ1) is 11.4. The Morgan fingerprint density at radius 1 is 1.69 bits per heavy atom. The molecule has 1 aromatic rings. The Morgan fingerprint density at radius 2 is 2.56 bits per heavy atom. The molecule has 0 saturated heterocycles. The van der Waals surface area contributed by atoms with E-state index in [0.717, 1.165) is 6.42 Å². The normalized spacial score (nSPS) is 19.1. The fraction of sp³-hybridized carbons (Fsp3) is 0.545. The van der Waals surface area contributed by atoms with Crippen LogP contribution in [0.25, 0.3) is 0 Å². The number of thiophene rings is 1. The first-order chi connectivity index (χ1) is 7.77. The summed E-state index contributed by atoms with van der Waals surface area (Å²) < 4.78 is 4.68. The van der Waals surface area contributed by atoms with Crippen molar-refractivity contribution in [3.63, 3.8) is 0 Å². The SMILES string of the molecule is NC(=O)OCCNC1CCCc2sccc21. The zero-order valence-electron chi connectivity index (χ0n) is 9.07. The Balaban J connectivity index is 1.81. The number of aryl methyl sites for hydroxylation is 1. The van der Waals surface area contributed by atoms with Gasteiger partial charge in [-0.15, -0.1) is 11.3 Å². The lowest BCUT2D eigenvalue weighted by atomic mass is 9.94. The fourth-order valence-corrected chi connectivity index (χ4v) is 3.07. The molecule has 1 unspecified atom stereocenters. The molecule has 0 aromatic carbocycles. The molecule has 0 bridgehead atoms. The van der Waals surface area contributed by atoms with Crippen molar-refractivity contribution in [3.05, 3.63) is 21.9 Å². The molecule has 1 heterocycles. The van der Waals surface area contributed by atoms with Crippen LogP contribution in [0.1, 0.15) is 29.3 Å². The fourth-order valence-electron chi connectivity index (χ4n) is 2.08. The van der Waals surface area contributed by atoms with Crippen LogP contribution in [0.15, 0.2) is 11.4 Å². The van der Waals surface area contributed by atoms with E-state index in [0.29, 0.717) is 19.2 Å². The highest BCUT2D eigenvalue weighted by atomic mass is 32.1. The number of hydrogen-bond acceptors (Lipinski definition) is 4. The molecule has 1 atom stereocenters. The molecule has 1 aliphatic carbocycles. The first-order valence-corrected chi connectivity index (χ1v) is 6.37.